The van der Waals surface area contributed by atoms with E-state index in [0.717, 1.165) is 5.56 Å². The Morgan fingerprint density at radius 2 is 1.56 bits per heavy atom. The second-order valence-corrected chi connectivity index (χ2v) is 6.26. The number of aromatic nitrogens is 2. The van der Waals surface area contributed by atoms with Crippen LogP contribution in [-0.4, -0.2) is 17.1 Å². The van der Waals surface area contributed by atoms with Gasteiger partial charge in [-0.1, -0.05) is 59.1 Å². The monoisotopic (exact) mass is 394 g/mol. The van der Waals surface area contributed by atoms with Gasteiger partial charge >= 0.3 is 0 Å². The average Bonchev–Trinajstić information content (AvgIpc) is 2.58. The summed E-state index contributed by atoms with van der Waals surface area (Å²) in [5.41, 5.74) is 0.957. The van der Waals surface area contributed by atoms with Crippen molar-refractivity contribution in [3.63, 3.8) is 0 Å². The second-order valence-electron chi connectivity index (χ2n) is 5.11. The lowest BCUT2D eigenvalue weighted by molar-refractivity contribution is 0.378. The van der Waals surface area contributed by atoms with Crippen LogP contribution in [0.3, 0.4) is 0 Å². The predicted molar refractivity (Wildman–Crippen MR) is 99.4 cm³/mol. The summed E-state index contributed by atoms with van der Waals surface area (Å²) in [5, 5.41) is 0.900. The quantitative estimate of drug-likeness (QED) is 0.510. The standard InChI is InChI=1S/C18H13Cl3N2O2/c1-24-13-7-2-3-8-14(13)25-16-17(20)22-15(23-18(16)21)10-11-5-4-6-12(19)9-11/h2-9H,10H2,1H3. The third kappa shape index (κ3) is 4.34. The molecule has 0 atom stereocenters. The van der Waals surface area contributed by atoms with Gasteiger partial charge in [-0.2, -0.15) is 0 Å². The maximum absolute atomic E-state index is 6.25. The number of methoxy groups -OCH3 is 1. The van der Waals surface area contributed by atoms with Crippen LogP contribution in [0.4, 0.5) is 0 Å². The zero-order chi connectivity index (χ0) is 17.8. The molecule has 0 aliphatic heterocycles. The molecule has 0 radical (unpaired) electrons. The van der Waals surface area contributed by atoms with Gasteiger partial charge in [0.1, 0.15) is 5.82 Å². The van der Waals surface area contributed by atoms with E-state index in [1.54, 1.807) is 25.3 Å². The Hall–Kier alpha value is -2.01. The number of rotatable bonds is 5. The van der Waals surface area contributed by atoms with Crippen molar-refractivity contribution in [3.8, 4) is 17.2 Å². The molecule has 0 saturated heterocycles. The first-order valence-electron chi connectivity index (χ1n) is 7.34. The molecule has 3 rings (SSSR count). The zero-order valence-electron chi connectivity index (χ0n) is 13.2. The summed E-state index contributed by atoms with van der Waals surface area (Å²) in [6.07, 6.45) is 0.453. The third-order valence-corrected chi connectivity index (χ3v) is 4.11. The number of halogens is 3. The number of benzene rings is 2. The van der Waals surface area contributed by atoms with Crippen LogP contribution in [0.15, 0.2) is 48.5 Å². The van der Waals surface area contributed by atoms with Gasteiger partial charge in [-0.25, -0.2) is 9.97 Å². The average molecular weight is 396 g/mol. The predicted octanol–water partition coefficient (Wildman–Crippen LogP) is 5.83. The summed E-state index contributed by atoms with van der Waals surface area (Å²) in [7, 11) is 1.55. The SMILES string of the molecule is COc1ccccc1Oc1c(Cl)nc(Cc2cccc(Cl)c2)nc1Cl. The van der Waals surface area contributed by atoms with E-state index in [-0.39, 0.29) is 16.1 Å². The van der Waals surface area contributed by atoms with Gasteiger partial charge in [-0.3, -0.25) is 0 Å². The van der Waals surface area contributed by atoms with Crippen molar-refractivity contribution in [2.24, 2.45) is 0 Å². The normalized spacial score (nSPS) is 10.6. The van der Waals surface area contributed by atoms with Crippen molar-refractivity contribution >= 4 is 34.8 Å². The topological polar surface area (TPSA) is 44.2 Å². The first-order chi connectivity index (χ1) is 12.1. The van der Waals surface area contributed by atoms with Gasteiger partial charge in [-0.05, 0) is 29.8 Å². The lowest BCUT2D eigenvalue weighted by Gasteiger charge is -2.12. The van der Waals surface area contributed by atoms with Crippen LogP contribution in [0.5, 0.6) is 17.2 Å². The first-order valence-corrected chi connectivity index (χ1v) is 8.47. The molecule has 0 unspecified atom stereocenters. The maximum Gasteiger partial charge on any atom is 0.202 e. The Labute approximate surface area is 160 Å². The second kappa shape index (κ2) is 7.91. The van der Waals surface area contributed by atoms with E-state index < -0.39 is 0 Å². The van der Waals surface area contributed by atoms with Crippen molar-refractivity contribution in [2.45, 2.75) is 6.42 Å². The van der Waals surface area contributed by atoms with E-state index in [2.05, 4.69) is 9.97 Å². The molecule has 0 aliphatic rings. The fraction of sp³-hybridized carbons (Fsp3) is 0.111. The molecule has 0 N–H and O–H groups in total. The number of hydrogen-bond acceptors (Lipinski definition) is 4. The van der Waals surface area contributed by atoms with Crippen molar-refractivity contribution in [1.29, 1.82) is 0 Å². The van der Waals surface area contributed by atoms with E-state index in [1.165, 1.54) is 0 Å². The van der Waals surface area contributed by atoms with Gasteiger partial charge in [0.2, 0.25) is 5.75 Å². The molecule has 0 fully saturated rings. The fourth-order valence-corrected chi connectivity index (χ4v) is 2.96. The summed E-state index contributed by atoms with van der Waals surface area (Å²) in [6.45, 7) is 0. The van der Waals surface area contributed by atoms with E-state index >= 15 is 0 Å². The number of nitrogens with zero attached hydrogens (tertiary/aromatic N) is 2. The van der Waals surface area contributed by atoms with E-state index in [1.807, 2.05) is 30.3 Å². The molecule has 1 aromatic heterocycles. The Morgan fingerprint density at radius 3 is 2.20 bits per heavy atom. The zero-order valence-corrected chi connectivity index (χ0v) is 15.4. The molecule has 3 aromatic rings. The molecular weight excluding hydrogens is 383 g/mol. The highest BCUT2D eigenvalue weighted by Gasteiger charge is 2.16. The molecule has 7 heteroatoms. The summed E-state index contributed by atoms with van der Waals surface area (Å²) < 4.78 is 11.0. The third-order valence-electron chi connectivity index (χ3n) is 3.36. The van der Waals surface area contributed by atoms with Gasteiger partial charge < -0.3 is 9.47 Å². The molecule has 0 bridgehead atoms. The number of para-hydroxylation sites is 2. The van der Waals surface area contributed by atoms with Gasteiger partial charge in [0.25, 0.3) is 0 Å². The highest BCUT2D eigenvalue weighted by atomic mass is 35.5. The van der Waals surface area contributed by atoms with Crippen LogP contribution in [-0.2, 0) is 6.42 Å². The van der Waals surface area contributed by atoms with Crippen LogP contribution < -0.4 is 9.47 Å². The molecule has 25 heavy (non-hydrogen) atoms. The molecule has 0 aliphatic carbocycles. The van der Waals surface area contributed by atoms with Crippen molar-refractivity contribution in [2.75, 3.05) is 7.11 Å². The molecule has 128 valence electrons. The minimum atomic E-state index is 0.128. The molecule has 2 aromatic carbocycles. The van der Waals surface area contributed by atoms with Crippen molar-refractivity contribution in [1.82, 2.24) is 9.97 Å². The Kier molecular flexibility index (Phi) is 5.63. The smallest absolute Gasteiger partial charge is 0.202 e. The molecule has 0 saturated carbocycles. The Balaban J connectivity index is 1.87. The maximum atomic E-state index is 6.25. The Morgan fingerprint density at radius 1 is 0.880 bits per heavy atom. The van der Waals surface area contributed by atoms with Crippen LogP contribution in [0.2, 0.25) is 15.3 Å². The molecule has 0 amide bonds. The largest absolute Gasteiger partial charge is 0.493 e. The Bertz CT molecular complexity index is 880. The number of hydrogen-bond donors (Lipinski definition) is 0. The highest BCUT2D eigenvalue weighted by Crippen LogP contribution is 2.37. The van der Waals surface area contributed by atoms with Gasteiger partial charge in [0.15, 0.2) is 21.8 Å². The van der Waals surface area contributed by atoms with Gasteiger partial charge in [0.05, 0.1) is 7.11 Å². The van der Waals surface area contributed by atoms with Crippen LogP contribution >= 0.6 is 34.8 Å². The van der Waals surface area contributed by atoms with Crippen molar-refractivity contribution < 1.29 is 9.47 Å². The molecule has 4 nitrogen and oxygen atoms in total. The minimum Gasteiger partial charge on any atom is -0.493 e. The van der Waals surface area contributed by atoms with Crippen LogP contribution in [0, 0.1) is 0 Å². The summed E-state index contributed by atoms with van der Waals surface area (Å²) >= 11 is 18.5. The van der Waals surface area contributed by atoms with E-state index in [0.29, 0.717) is 28.8 Å². The molecule has 1 heterocycles. The van der Waals surface area contributed by atoms with Gasteiger partial charge in [-0.15, -0.1) is 0 Å². The molecule has 0 spiro atoms. The first kappa shape index (κ1) is 17.8. The lowest BCUT2D eigenvalue weighted by atomic mass is 10.1. The highest BCUT2D eigenvalue weighted by molar-refractivity contribution is 6.35. The minimum absolute atomic E-state index is 0.128. The summed E-state index contributed by atoms with van der Waals surface area (Å²) in [4.78, 5) is 8.54. The van der Waals surface area contributed by atoms with E-state index in [9.17, 15) is 0 Å². The van der Waals surface area contributed by atoms with E-state index in [4.69, 9.17) is 44.3 Å². The lowest BCUT2D eigenvalue weighted by Crippen LogP contribution is -2.00. The number of ether oxygens (including phenoxy) is 2. The molecular formula is C18H13Cl3N2O2. The summed E-state index contributed by atoms with van der Waals surface area (Å²) in [5.74, 6) is 1.69. The fourth-order valence-electron chi connectivity index (χ4n) is 2.24. The van der Waals surface area contributed by atoms with Gasteiger partial charge in [0, 0.05) is 11.4 Å². The summed E-state index contributed by atoms with van der Waals surface area (Å²) in [6, 6.07) is 14.6. The van der Waals surface area contributed by atoms with Crippen LogP contribution in [0.1, 0.15) is 11.4 Å². The van der Waals surface area contributed by atoms with Crippen LogP contribution in [0.25, 0.3) is 0 Å². The van der Waals surface area contributed by atoms with Crippen molar-refractivity contribution in [3.05, 3.63) is 75.2 Å².